The summed E-state index contributed by atoms with van der Waals surface area (Å²) >= 11 is 3.47. The standard InChI is InChI=1S/C14H29BrN2O/c1-7-16(8-2)9-10-17(11-12(3)4)13(18)14(5,6)15/h12H,7-11H2,1-6H3. The third-order valence-corrected chi connectivity index (χ3v) is 3.30. The number of halogens is 1. The molecule has 3 nitrogen and oxygen atoms in total. The maximum atomic E-state index is 12.3. The second-order valence-electron chi connectivity index (χ2n) is 5.64. The molecule has 0 fully saturated rings. The second kappa shape index (κ2) is 8.16. The number of alkyl halides is 1. The quantitative estimate of drug-likeness (QED) is 0.642. The maximum absolute atomic E-state index is 12.3. The van der Waals surface area contributed by atoms with Crippen LogP contribution in [-0.2, 0) is 4.79 Å². The van der Waals surface area contributed by atoms with Crippen molar-refractivity contribution in [1.29, 1.82) is 0 Å². The van der Waals surface area contributed by atoms with E-state index < -0.39 is 4.32 Å². The van der Waals surface area contributed by atoms with Gasteiger partial charge in [0.25, 0.3) is 0 Å². The third-order valence-electron chi connectivity index (χ3n) is 2.96. The maximum Gasteiger partial charge on any atom is 0.238 e. The van der Waals surface area contributed by atoms with E-state index in [-0.39, 0.29) is 5.91 Å². The summed E-state index contributed by atoms with van der Waals surface area (Å²) in [6.45, 7) is 17.1. The molecule has 0 aliphatic rings. The van der Waals surface area contributed by atoms with Crippen LogP contribution < -0.4 is 0 Å². The van der Waals surface area contributed by atoms with Crippen molar-refractivity contribution in [2.24, 2.45) is 5.92 Å². The topological polar surface area (TPSA) is 23.6 Å². The fourth-order valence-electron chi connectivity index (χ4n) is 1.89. The molecule has 0 aliphatic carbocycles. The van der Waals surface area contributed by atoms with E-state index in [2.05, 4.69) is 48.5 Å². The van der Waals surface area contributed by atoms with Crippen LogP contribution in [0.1, 0.15) is 41.5 Å². The zero-order valence-corrected chi connectivity index (χ0v) is 14.4. The lowest BCUT2D eigenvalue weighted by Crippen LogP contribution is -2.46. The van der Waals surface area contributed by atoms with Crippen molar-refractivity contribution in [3.05, 3.63) is 0 Å². The molecule has 0 aliphatic heterocycles. The lowest BCUT2D eigenvalue weighted by Gasteiger charge is -2.31. The van der Waals surface area contributed by atoms with Gasteiger partial charge in [-0.1, -0.05) is 43.6 Å². The molecule has 18 heavy (non-hydrogen) atoms. The summed E-state index contributed by atoms with van der Waals surface area (Å²) in [4.78, 5) is 16.7. The fourth-order valence-corrected chi connectivity index (χ4v) is 2.15. The summed E-state index contributed by atoms with van der Waals surface area (Å²) in [6.07, 6.45) is 0. The third kappa shape index (κ3) is 6.74. The molecule has 0 N–H and O–H groups in total. The molecule has 0 bridgehead atoms. The van der Waals surface area contributed by atoms with Gasteiger partial charge in [-0.3, -0.25) is 4.79 Å². The van der Waals surface area contributed by atoms with Crippen molar-refractivity contribution < 1.29 is 4.79 Å². The van der Waals surface area contributed by atoms with Crippen molar-refractivity contribution in [3.8, 4) is 0 Å². The number of likely N-dealkylation sites (N-methyl/N-ethyl adjacent to an activating group) is 1. The van der Waals surface area contributed by atoms with Crippen LogP contribution in [0.25, 0.3) is 0 Å². The van der Waals surface area contributed by atoms with Crippen LogP contribution in [0.15, 0.2) is 0 Å². The molecule has 0 aromatic heterocycles. The molecule has 0 atom stereocenters. The van der Waals surface area contributed by atoms with Crippen LogP contribution >= 0.6 is 15.9 Å². The lowest BCUT2D eigenvalue weighted by molar-refractivity contribution is -0.133. The lowest BCUT2D eigenvalue weighted by atomic mass is 10.1. The monoisotopic (exact) mass is 320 g/mol. The van der Waals surface area contributed by atoms with Gasteiger partial charge in [-0.05, 0) is 32.9 Å². The molecule has 0 unspecified atom stereocenters. The minimum atomic E-state index is -0.467. The van der Waals surface area contributed by atoms with Gasteiger partial charge in [0.05, 0.1) is 4.32 Å². The first kappa shape index (κ1) is 17.9. The number of rotatable bonds is 8. The summed E-state index contributed by atoms with van der Waals surface area (Å²) in [5.41, 5.74) is 0. The van der Waals surface area contributed by atoms with Crippen molar-refractivity contribution in [1.82, 2.24) is 9.80 Å². The summed E-state index contributed by atoms with van der Waals surface area (Å²) in [5, 5.41) is 0. The van der Waals surface area contributed by atoms with Crippen molar-refractivity contribution >= 4 is 21.8 Å². The van der Waals surface area contributed by atoms with E-state index in [9.17, 15) is 4.79 Å². The molecule has 0 spiro atoms. The van der Waals surface area contributed by atoms with Crippen LogP contribution in [0.3, 0.4) is 0 Å². The van der Waals surface area contributed by atoms with Crippen LogP contribution in [-0.4, -0.2) is 52.8 Å². The molecular weight excluding hydrogens is 292 g/mol. The van der Waals surface area contributed by atoms with E-state index in [1.807, 2.05) is 18.7 Å². The van der Waals surface area contributed by atoms with Crippen molar-refractivity contribution in [3.63, 3.8) is 0 Å². The molecule has 108 valence electrons. The number of hydrogen-bond acceptors (Lipinski definition) is 2. The summed E-state index contributed by atoms with van der Waals surface area (Å²) in [7, 11) is 0. The molecular formula is C14H29BrN2O. The van der Waals surface area contributed by atoms with E-state index in [1.165, 1.54) is 0 Å². The van der Waals surface area contributed by atoms with Gasteiger partial charge in [-0.15, -0.1) is 0 Å². The Balaban J connectivity index is 4.55. The van der Waals surface area contributed by atoms with Gasteiger partial charge < -0.3 is 9.80 Å². The number of nitrogens with zero attached hydrogens (tertiary/aromatic N) is 2. The Morgan fingerprint density at radius 2 is 1.67 bits per heavy atom. The number of carbonyl (C=O) groups is 1. The van der Waals surface area contributed by atoms with Gasteiger partial charge in [0, 0.05) is 19.6 Å². The van der Waals surface area contributed by atoms with Crippen molar-refractivity contribution in [2.45, 2.75) is 45.9 Å². The minimum absolute atomic E-state index is 0.184. The Bertz CT molecular complexity index is 245. The minimum Gasteiger partial charge on any atom is -0.340 e. The number of hydrogen-bond donors (Lipinski definition) is 0. The highest BCUT2D eigenvalue weighted by Gasteiger charge is 2.29. The predicted octanol–water partition coefficient (Wildman–Crippen LogP) is 2.99. The van der Waals surface area contributed by atoms with Gasteiger partial charge in [-0.2, -0.15) is 0 Å². The molecule has 0 saturated heterocycles. The largest absolute Gasteiger partial charge is 0.340 e. The Labute approximate surface area is 121 Å². The number of carbonyl (C=O) groups excluding carboxylic acids is 1. The van der Waals surface area contributed by atoms with Gasteiger partial charge in [-0.25, -0.2) is 0 Å². The smallest absolute Gasteiger partial charge is 0.238 e. The van der Waals surface area contributed by atoms with Crippen LogP contribution in [0.5, 0.6) is 0 Å². The first-order chi connectivity index (χ1) is 8.22. The zero-order chi connectivity index (χ0) is 14.3. The van der Waals surface area contributed by atoms with E-state index in [1.54, 1.807) is 0 Å². The Hall–Kier alpha value is -0.0900. The van der Waals surface area contributed by atoms with Gasteiger partial charge in [0.15, 0.2) is 0 Å². The molecule has 4 heteroatoms. The van der Waals surface area contributed by atoms with Crippen LogP contribution in [0.4, 0.5) is 0 Å². The first-order valence-electron chi connectivity index (χ1n) is 6.93. The normalized spacial score (nSPS) is 12.3. The molecule has 0 rings (SSSR count). The highest BCUT2D eigenvalue weighted by molar-refractivity contribution is 9.10. The van der Waals surface area contributed by atoms with Crippen LogP contribution in [0, 0.1) is 5.92 Å². The molecule has 0 saturated carbocycles. The van der Waals surface area contributed by atoms with E-state index >= 15 is 0 Å². The zero-order valence-electron chi connectivity index (χ0n) is 12.8. The van der Waals surface area contributed by atoms with E-state index in [4.69, 9.17) is 0 Å². The molecule has 0 aromatic rings. The molecule has 0 heterocycles. The van der Waals surface area contributed by atoms with E-state index in [0.717, 1.165) is 32.7 Å². The summed E-state index contributed by atoms with van der Waals surface area (Å²) < 4.78 is -0.467. The van der Waals surface area contributed by atoms with E-state index in [0.29, 0.717) is 5.92 Å². The average molecular weight is 321 g/mol. The molecule has 1 amide bonds. The summed E-state index contributed by atoms with van der Waals surface area (Å²) in [6, 6.07) is 0. The predicted molar refractivity (Wildman–Crippen MR) is 82.2 cm³/mol. The second-order valence-corrected chi connectivity index (χ2v) is 7.63. The Morgan fingerprint density at radius 1 is 1.17 bits per heavy atom. The highest BCUT2D eigenvalue weighted by atomic mass is 79.9. The first-order valence-corrected chi connectivity index (χ1v) is 7.72. The average Bonchev–Trinajstić information content (AvgIpc) is 2.26. The Morgan fingerprint density at radius 3 is 2.00 bits per heavy atom. The molecule has 0 aromatic carbocycles. The fraction of sp³-hybridized carbons (Fsp3) is 0.929. The van der Waals surface area contributed by atoms with Gasteiger partial charge >= 0.3 is 0 Å². The summed E-state index contributed by atoms with van der Waals surface area (Å²) in [5.74, 6) is 0.684. The Kier molecular flexibility index (Phi) is 8.11. The van der Waals surface area contributed by atoms with Gasteiger partial charge in [0.2, 0.25) is 5.91 Å². The SMILES string of the molecule is CCN(CC)CCN(CC(C)C)C(=O)C(C)(C)Br. The van der Waals surface area contributed by atoms with Gasteiger partial charge in [0.1, 0.15) is 0 Å². The highest BCUT2D eigenvalue weighted by Crippen LogP contribution is 2.20. The van der Waals surface area contributed by atoms with Crippen LogP contribution in [0.2, 0.25) is 0 Å². The molecule has 0 radical (unpaired) electrons. The van der Waals surface area contributed by atoms with Crippen molar-refractivity contribution in [2.75, 3.05) is 32.7 Å². The number of amides is 1.